The molecule has 0 aliphatic heterocycles. The number of nitrogens with zero attached hydrogens (tertiary/aromatic N) is 1. The normalized spacial score (nSPS) is 16.8. The topological polar surface area (TPSA) is 45.1 Å². The Balaban J connectivity index is 1.72. The summed E-state index contributed by atoms with van der Waals surface area (Å²) in [7, 11) is 0. The molecule has 0 amide bonds. The summed E-state index contributed by atoms with van der Waals surface area (Å²) in [6, 6.07) is 11.0. The first-order valence-corrected chi connectivity index (χ1v) is 9.50. The first-order valence-electron chi connectivity index (χ1n) is 8.68. The predicted octanol–water partition coefficient (Wildman–Crippen LogP) is 4.19. The third kappa shape index (κ3) is 4.19. The maximum Gasteiger partial charge on any atom is 0.110 e. The maximum atomic E-state index is 9.19. The van der Waals surface area contributed by atoms with Crippen molar-refractivity contribution in [3.63, 3.8) is 0 Å². The molecule has 124 valence electrons. The monoisotopic (exact) mass is 330 g/mol. The first-order chi connectivity index (χ1) is 11.3. The Hall–Kier alpha value is -1.23. The van der Waals surface area contributed by atoms with Crippen molar-refractivity contribution in [2.45, 2.75) is 57.5 Å². The van der Waals surface area contributed by atoms with Crippen molar-refractivity contribution in [2.24, 2.45) is 0 Å². The van der Waals surface area contributed by atoms with E-state index in [0.717, 1.165) is 19.3 Å². The molecule has 1 aliphatic carbocycles. The molecule has 0 bridgehead atoms. The van der Waals surface area contributed by atoms with Crippen molar-refractivity contribution >= 4 is 11.3 Å². The van der Waals surface area contributed by atoms with Crippen LogP contribution in [0.2, 0.25) is 0 Å². The Bertz CT molecular complexity index is 588. The van der Waals surface area contributed by atoms with Gasteiger partial charge in [-0.25, -0.2) is 4.98 Å². The highest BCUT2D eigenvalue weighted by Gasteiger charge is 2.21. The van der Waals surface area contributed by atoms with Crippen molar-refractivity contribution < 1.29 is 5.11 Å². The molecule has 2 N–H and O–H groups in total. The molecule has 3 rings (SSSR count). The van der Waals surface area contributed by atoms with Crippen LogP contribution in [0.3, 0.4) is 0 Å². The van der Waals surface area contributed by atoms with Crippen LogP contribution >= 0.6 is 11.3 Å². The fraction of sp³-hybridized carbons (Fsp3) is 0.526. The minimum Gasteiger partial charge on any atom is -0.396 e. The van der Waals surface area contributed by atoms with Crippen LogP contribution in [0.4, 0.5) is 0 Å². The molecule has 0 saturated carbocycles. The predicted molar refractivity (Wildman–Crippen MR) is 95.8 cm³/mol. The number of aliphatic hydroxyl groups excluding tert-OH is 1. The second kappa shape index (κ2) is 8.04. The van der Waals surface area contributed by atoms with Crippen LogP contribution < -0.4 is 5.32 Å². The molecule has 2 unspecified atom stereocenters. The van der Waals surface area contributed by atoms with E-state index in [1.807, 2.05) is 17.4 Å². The van der Waals surface area contributed by atoms with Crippen LogP contribution in [0.25, 0.3) is 0 Å². The van der Waals surface area contributed by atoms with Gasteiger partial charge in [-0.05, 0) is 51.0 Å². The van der Waals surface area contributed by atoms with Gasteiger partial charge in [-0.3, -0.25) is 0 Å². The van der Waals surface area contributed by atoms with Crippen LogP contribution in [0, 0.1) is 0 Å². The molecule has 2 aromatic rings. The van der Waals surface area contributed by atoms with E-state index in [2.05, 4.69) is 36.5 Å². The van der Waals surface area contributed by atoms with Crippen LogP contribution in [0.15, 0.2) is 30.3 Å². The van der Waals surface area contributed by atoms with E-state index in [1.54, 1.807) is 0 Å². The zero-order chi connectivity index (χ0) is 16.1. The lowest BCUT2D eigenvalue weighted by Gasteiger charge is -2.22. The smallest absolute Gasteiger partial charge is 0.110 e. The third-order valence-electron chi connectivity index (χ3n) is 4.54. The summed E-state index contributed by atoms with van der Waals surface area (Å²) in [6.07, 6.45) is 6.68. The van der Waals surface area contributed by atoms with Crippen molar-refractivity contribution in [2.75, 3.05) is 6.61 Å². The number of rotatable bonds is 7. The van der Waals surface area contributed by atoms with E-state index in [9.17, 15) is 5.11 Å². The summed E-state index contributed by atoms with van der Waals surface area (Å²) in [4.78, 5) is 6.38. The van der Waals surface area contributed by atoms with E-state index in [1.165, 1.54) is 40.4 Å². The Morgan fingerprint density at radius 3 is 2.74 bits per heavy atom. The summed E-state index contributed by atoms with van der Waals surface area (Å²) in [6.45, 7) is 2.45. The van der Waals surface area contributed by atoms with Gasteiger partial charge in [0.15, 0.2) is 0 Å². The second-order valence-electron chi connectivity index (χ2n) is 6.35. The lowest BCUT2D eigenvalue weighted by Crippen LogP contribution is -2.25. The number of aromatic nitrogens is 1. The Labute approximate surface area is 142 Å². The molecule has 4 heteroatoms. The quantitative estimate of drug-likeness (QED) is 0.800. The standard InChI is InChI=1S/C19H26N2OS/c1-14(19-21-17-10-5-6-12-18(17)23-19)20-16(11-7-13-22)15-8-3-2-4-9-15/h2-4,8-9,14,16,20,22H,5-7,10-13H2,1H3. The molecule has 0 spiro atoms. The molecular weight excluding hydrogens is 304 g/mol. The highest BCUT2D eigenvalue weighted by atomic mass is 32.1. The second-order valence-corrected chi connectivity index (χ2v) is 7.46. The Morgan fingerprint density at radius 1 is 1.22 bits per heavy atom. The zero-order valence-electron chi connectivity index (χ0n) is 13.8. The zero-order valence-corrected chi connectivity index (χ0v) is 14.6. The molecule has 1 heterocycles. The molecule has 0 saturated heterocycles. The average Bonchev–Trinajstić information content (AvgIpc) is 3.03. The van der Waals surface area contributed by atoms with Gasteiger partial charge in [-0.1, -0.05) is 30.3 Å². The summed E-state index contributed by atoms with van der Waals surface area (Å²) in [5.41, 5.74) is 2.62. The van der Waals surface area contributed by atoms with Gasteiger partial charge < -0.3 is 10.4 Å². The number of nitrogens with one attached hydrogen (secondary N) is 1. The minimum absolute atomic E-state index is 0.241. The first kappa shape index (κ1) is 16.6. The van der Waals surface area contributed by atoms with E-state index in [0.29, 0.717) is 0 Å². The van der Waals surface area contributed by atoms with Gasteiger partial charge >= 0.3 is 0 Å². The summed E-state index contributed by atoms with van der Waals surface area (Å²) >= 11 is 1.88. The molecular formula is C19H26N2OS. The molecule has 23 heavy (non-hydrogen) atoms. The van der Waals surface area contributed by atoms with Gasteiger partial charge in [0.25, 0.3) is 0 Å². The van der Waals surface area contributed by atoms with E-state index in [4.69, 9.17) is 4.98 Å². The van der Waals surface area contributed by atoms with Crippen LogP contribution in [-0.4, -0.2) is 16.7 Å². The van der Waals surface area contributed by atoms with Crippen molar-refractivity contribution in [1.82, 2.24) is 10.3 Å². The fourth-order valence-electron chi connectivity index (χ4n) is 3.26. The summed E-state index contributed by atoms with van der Waals surface area (Å²) in [5, 5.41) is 14.1. The van der Waals surface area contributed by atoms with Crippen LogP contribution in [0.1, 0.15) is 65.8 Å². The van der Waals surface area contributed by atoms with Gasteiger partial charge in [0.05, 0.1) is 11.7 Å². The molecule has 1 aromatic carbocycles. The largest absolute Gasteiger partial charge is 0.396 e. The molecule has 1 aliphatic rings. The number of benzene rings is 1. The number of hydrogen-bond acceptors (Lipinski definition) is 4. The van der Waals surface area contributed by atoms with Gasteiger partial charge in [-0.15, -0.1) is 11.3 Å². The molecule has 3 nitrogen and oxygen atoms in total. The third-order valence-corrected chi connectivity index (χ3v) is 5.88. The van der Waals surface area contributed by atoms with E-state index in [-0.39, 0.29) is 18.7 Å². The number of hydrogen-bond donors (Lipinski definition) is 2. The SMILES string of the molecule is CC(NC(CCCO)c1ccccc1)c1nc2c(s1)CCCC2. The summed E-state index contributed by atoms with van der Waals surface area (Å²) < 4.78 is 0. The number of thiazole rings is 1. The molecule has 0 radical (unpaired) electrons. The molecule has 0 fully saturated rings. The van der Waals surface area contributed by atoms with Crippen LogP contribution in [-0.2, 0) is 12.8 Å². The van der Waals surface area contributed by atoms with Gasteiger partial charge in [-0.2, -0.15) is 0 Å². The van der Waals surface area contributed by atoms with Crippen molar-refractivity contribution in [3.8, 4) is 0 Å². The van der Waals surface area contributed by atoms with Crippen molar-refractivity contribution in [3.05, 3.63) is 51.5 Å². The van der Waals surface area contributed by atoms with Gasteiger partial charge in [0.1, 0.15) is 5.01 Å². The number of aliphatic hydroxyl groups is 1. The molecule has 1 aromatic heterocycles. The Morgan fingerprint density at radius 2 is 2.00 bits per heavy atom. The van der Waals surface area contributed by atoms with E-state index < -0.39 is 0 Å². The highest BCUT2D eigenvalue weighted by Crippen LogP contribution is 2.31. The number of fused-ring (bicyclic) bond motifs is 1. The molecule has 2 atom stereocenters. The highest BCUT2D eigenvalue weighted by molar-refractivity contribution is 7.11. The lowest BCUT2D eigenvalue weighted by atomic mass is 10.0. The van der Waals surface area contributed by atoms with Gasteiger partial charge in [0, 0.05) is 17.5 Å². The maximum absolute atomic E-state index is 9.19. The van der Waals surface area contributed by atoms with Crippen molar-refractivity contribution in [1.29, 1.82) is 0 Å². The van der Waals surface area contributed by atoms with Crippen LogP contribution in [0.5, 0.6) is 0 Å². The minimum atomic E-state index is 0.241. The number of aryl methyl sites for hydroxylation is 2. The van der Waals surface area contributed by atoms with Gasteiger partial charge in [0.2, 0.25) is 0 Å². The Kier molecular flexibility index (Phi) is 5.81. The average molecular weight is 330 g/mol. The van der Waals surface area contributed by atoms with E-state index >= 15 is 0 Å². The summed E-state index contributed by atoms with van der Waals surface area (Å²) in [5.74, 6) is 0. The fourth-order valence-corrected chi connectivity index (χ4v) is 4.42. The lowest BCUT2D eigenvalue weighted by molar-refractivity contribution is 0.272.